The summed E-state index contributed by atoms with van der Waals surface area (Å²) in [6.45, 7) is 3.18. The van der Waals surface area contributed by atoms with Gasteiger partial charge in [0.1, 0.15) is 0 Å². The van der Waals surface area contributed by atoms with Crippen LogP contribution in [0.3, 0.4) is 0 Å². The van der Waals surface area contributed by atoms with Gasteiger partial charge in [-0.3, -0.25) is 0 Å². The summed E-state index contributed by atoms with van der Waals surface area (Å²) in [7, 11) is 4.16. The molecule has 1 N–H and O–H groups in total. The molecule has 19 heavy (non-hydrogen) atoms. The largest absolute Gasteiger partial charge is 0.369 e. The number of nitrogens with one attached hydrogen (secondary N) is 1. The molecule has 2 aromatic rings. The van der Waals surface area contributed by atoms with E-state index in [0.717, 1.165) is 13.0 Å². The van der Waals surface area contributed by atoms with Gasteiger partial charge in [0.15, 0.2) is 0 Å². The van der Waals surface area contributed by atoms with Crippen molar-refractivity contribution < 1.29 is 0 Å². The molecule has 0 saturated carbocycles. The molecule has 1 aromatic carbocycles. The lowest BCUT2D eigenvalue weighted by Crippen LogP contribution is -2.17. The third kappa shape index (κ3) is 3.58. The van der Waals surface area contributed by atoms with E-state index in [1.807, 2.05) is 18.4 Å². The third-order valence-electron chi connectivity index (χ3n) is 3.47. The fraction of sp³-hybridized carbons (Fsp3) is 0.375. The Hall–Kier alpha value is -1.32. The highest BCUT2D eigenvalue weighted by Gasteiger charge is 2.07. The average Bonchev–Trinajstić information content (AvgIpc) is 2.94. The summed E-state index contributed by atoms with van der Waals surface area (Å²) in [5.74, 6) is 0. The van der Waals surface area contributed by atoms with Crippen molar-refractivity contribution in [2.45, 2.75) is 25.9 Å². The molecule has 2 nitrogen and oxygen atoms in total. The van der Waals surface area contributed by atoms with Crippen LogP contribution in [-0.2, 0) is 6.54 Å². The lowest BCUT2D eigenvalue weighted by Gasteiger charge is -2.20. The Bertz CT molecular complexity index is 472. The summed E-state index contributed by atoms with van der Waals surface area (Å²) in [4.78, 5) is 3.68. The zero-order valence-corrected chi connectivity index (χ0v) is 12.7. The molecule has 1 unspecified atom stereocenters. The van der Waals surface area contributed by atoms with Crippen LogP contribution in [0.15, 0.2) is 41.8 Å². The van der Waals surface area contributed by atoms with Gasteiger partial charge in [-0.05, 0) is 42.6 Å². The maximum atomic E-state index is 3.34. The molecule has 0 spiro atoms. The van der Waals surface area contributed by atoms with Gasteiger partial charge in [0.05, 0.1) is 6.54 Å². The van der Waals surface area contributed by atoms with E-state index in [-0.39, 0.29) is 0 Å². The smallest absolute Gasteiger partial charge is 0.0519 e. The number of anilines is 1. The average molecular weight is 274 g/mol. The lowest BCUT2D eigenvalue weighted by atomic mass is 10.0. The molecule has 2 rings (SSSR count). The van der Waals surface area contributed by atoms with Crippen molar-refractivity contribution in [1.82, 2.24) is 5.32 Å². The normalized spacial score (nSPS) is 12.4. The quantitative estimate of drug-likeness (QED) is 0.854. The first kappa shape index (κ1) is 14.1. The van der Waals surface area contributed by atoms with Crippen molar-refractivity contribution in [2.24, 2.45) is 0 Å². The van der Waals surface area contributed by atoms with Crippen molar-refractivity contribution >= 4 is 17.0 Å². The molecular formula is C16H22N2S. The van der Waals surface area contributed by atoms with E-state index in [4.69, 9.17) is 0 Å². The second-order valence-electron chi connectivity index (χ2n) is 4.78. The van der Waals surface area contributed by atoms with Crippen LogP contribution >= 0.6 is 11.3 Å². The molecular weight excluding hydrogens is 252 g/mol. The maximum Gasteiger partial charge on any atom is 0.0519 e. The van der Waals surface area contributed by atoms with E-state index in [0.29, 0.717) is 6.04 Å². The molecule has 1 atom stereocenters. The Morgan fingerprint density at radius 3 is 2.47 bits per heavy atom. The minimum Gasteiger partial charge on any atom is -0.369 e. The van der Waals surface area contributed by atoms with Gasteiger partial charge in [-0.25, -0.2) is 0 Å². The van der Waals surface area contributed by atoms with Crippen molar-refractivity contribution in [3.63, 3.8) is 0 Å². The fourth-order valence-electron chi connectivity index (χ4n) is 2.30. The van der Waals surface area contributed by atoms with E-state index >= 15 is 0 Å². The number of benzene rings is 1. The first-order chi connectivity index (χ1) is 9.24. The second-order valence-corrected chi connectivity index (χ2v) is 5.81. The summed E-state index contributed by atoms with van der Waals surface area (Å²) in [5.41, 5.74) is 2.63. The van der Waals surface area contributed by atoms with Crippen LogP contribution < -0.4 is 10.2 Å². The summed E-state index contributed by atoms with van der Waals surface area (Å²) >= 11 is 1.81. The second kappa shape index (κ2) is 6.73. The van der Waals surface area contributed by atoms with Crippen molar-refractivity contribution in [1.29, 1.82) is 0 Å². The lowest BCUT2D eigenvalue weighted by molar-refractivity contribution is 0.577. The molecule has 0 aliphatic rings. The van der Waals surface area contributed by atoms with Gasteiger partial charge in [-0.1, -0.05) is 25.1 Å². The van der Waals surface area contributed by atoms with Crippen LogP contribution in [0.2, 0.25) is 0 Å². The molecule has 3 heteroatoms. The molecule has 0 aliphatic carbocycles. The van der Waals surface area contributed by atoms with Crippen molar-refractivity contribution in [2.75, 3.05) is 19.0 Å². The van der Waals surface area contributed by atoms with Crippen LogP contribution in [0, 0.1) is 0 Å². The number of hydrogen-bond donors (Lipinski definition) is 1. The topological polar surface area (TPSA) is 15.3 Å². The Balaban J connectivity index is 2.05. The van der Waals surface area contributed by atoms with Gasteiger partial charge >= 0.3 is 0 Å². The fourth-order valence-corrected chi connectivity index (χ4v) is 3.05. The van der Waals surface area contributed by atoms with Gasteiger partial charge in [-0.2, -0.15) is 0 Å². The zero-order chi connectivity index (χ0) is 13.7. The van der Waals surface area contributed by atoms with E-state index in [1.165, 1.54) is 16.1 Å². The molecule has 0 amide bonds. The van der Waals surface area contributed by atoms with Crippen LogP contribution in [0.25, 0.3) is 0 Å². The molecule has 1 aromatic heterocycles. The predicted octanol–water partition coefficient (Wildman–Crippen LogP) is 4.06. The van der Waals surface area contributed by atoms with E-state index in [2.05, 4.69) is 66.0 Å². The monoisotopic (exact) mass is 274 g/mol. The van der Waals surface area contributed by atoms with Gasteiger partial charge in [-0.15, -0.1) is 11.3 Å². The molecule has 0 radical (unpaired) electrons. The van der Waals surface area contributed by atoms with Crippen LogP contribution in [-0.4, -0.2) is 14.1 Å². The van der Waals surface area contributed by atoms with Gasteiger partial charge < -0.3 is 10.2 Å². The summed E-state index contributed by atoms with van der Waals surface area (Å²) in [6, 6.07) is 13.6. The number of rotatable bonds is 6. The van der Waals surface area contributed by atoms with E-state index in [9.17, 15) is 0 Å². The minimum atomic E-state index is 0.455. The molecule has 102 valence electrons. The summed E-state index contributed by atoms with van der Waals surface area (Å²) < 4.78 is 0. The Morgan fingerprint density at radius 1 is 1.21 bits per heavy atom. The summed E-state index contributed by atoms with van der Waals surface area (Å²) in [6.07, 6.45) is 1.11. The third-order valence-corrected chi connectivity index (χ3v) is 4.33. The van der Waals surface area contributed by atoms with Crippen LogP contribution in [0.5, 0.6) is 0 Å². The van der Waals surface area contributed by atoms with Gasteiger partial charge in [0.2, 0.25) is 0 Å². The van der Waals surface area contributed by atoms with Crippen LogP contribution in [0.1, 0.15) is 29.8 Å². The first-order valence-corrected chi connectivity index (χ1v) is 7.63. The Kier molecular flexibility index (Phi) is 5.00. The van der Waals surface area contributed by atoms with E-state index < -0.39 is 0 Å². The van der Waals surface area contributed by atoms with E-state index in [1.54, 1.807) is 0 Å². The summed E-state index contributed by atoms with van der Waals surface area (Å²) in [5, 5.41) is 5.47. The molecule has 0 bridgehead atoms. The molecule has 1 heterocycles. The van der Waals surface area contributed by atoms with Gasteiger partial charge in [0, 0.05) is 23.7 Å². The standard InChI is InChI=1S/C16H22N2S/c1-4-16(17-2)13-7-9-14(10-8-13)18(3)12-15-6-5-11-19-15/h5-11,16-17H,4,12H2,1-3H3. The number of thiophene rings is 1. The Morgan fingerprint density at radius 2 is 1.95 bits per heavy atom. The molecule has 0 aliphatic heterocycles. The number of nitrogens with zero attached hydrogens (tertiary/aromatic N) is 1. The van der Waals surface area contributed by atoms with Crippen molar-refractivity contribution in [3.05, 3.63) is 52.2 Å². The van der Waals surface area contributed by atoms with Gasteiger partial charge in [0.25, 0.3) is 0 Å². The number of hydrogen-bond acceptors (Lipinski definition) is 3. The predicted molar refractivity (Wildman–Crippen MR) is 85.0 cm³/mol. The SMILES string of the molecule is CCC(NC)c1ccc(N(C)Cc2cccs2)cc1. The highest BCUT2D eigenvalue weighted by atomic mass is 32.1. The minimum absolute atomic E-state index is 0.455. The first-order valence-electron chi connectivity index (χ1n) is 6.75. The van der Waals surface area contributed by atoms with Crippen molar-refractivity contribution in [3.8, 4) is 0 Å². The molecule has 0 fully saturated rings. The highest BCUT2D eigenvalue weighted by molar-refractivity contribution is 7.09. The maximum absolute atomic E-state index is 3.34. The van der Waals surface area contributed by atoms with Crippen LogP contribution in [0.4, 0.5) is 5.69 Å². The highest BCUT2D eigenvalue weighted by Crippen LogP contribution is 2.22. The zero-order valence-electron chi connectivity index (χ0n) is 11.9. The Labute approximate surface area is 120 Å². The molecule has 0 saturated heterocycles.